The number of phenols is 2. The fourth-order valence-corrected chi connectivity index (χ4v) is 1.77. The molecule has 0 spiro atoms. The Morgan fingerprint density at radius 3 is 2.52 bits per heavy atom. The van der Waals surface area contributed by atoms with E-state index in [4.69, 9.17) is 5.73 Å². The number of Topliss-reactive ketones (excluding diaryl/α,β-unsaturated/α-hetero) is 1. The van der Waals surface area contributed by atoms with Crippen LogP contribution in [0.25, 0.3) is 0 Å². The van der Waals surface area contributed by atoms with Crippen molar-refractivity contribution in [1.82, 2.24) is 0 Å². The summed E-state index contributed by atoms with van der Waals surface area (Å²) in [4.78, 5) is 23.1. The Labute approximate surface area is 126 Å². The zero-order valence-corrected chi connectivity index (χ0v) is 11.6. The molecule has 110 valence electrons. The summed E-state index contributed by atoms with van der Waals surface area (Å²) in [7, 11) is 0. The number of primary amides is 1. The van der Waals surface area contributed by atoms with Gasteiger partial charge >= 0.3 is 0 Å². The molecule has 6 nitrogen and oxygen atoms in total. The molecule has 0 radical (unpaired) electrons. The van der Waals surface area contributed by atoms with Gasteiger partial charge in [0, 0.05) is 12.1 Å². The van der Waals surface area contributed by atoms with Gasteiger partial charge in [-0.15, -0.1) is 0 Å². The van der Waals surface area contributed by atoms with Crippen LogP contribution in [0, 0.1) is 0 Å². The first-order chi connectivity index (χ1) is 9.47. The lowest BCUT2D eigenvalue weighted by atomic mass is 10.1. The molecule has 0 saturated carbocycles. The molecule has 21 heavy (non-hydrogen) atoms. The van der Waals surface area contributed by atoms with Gasteiger partial charge in [0.05, 0.1) is 5.56 Å². The van der Waals surface area contributed by atoms with Gasteiger partial charge < -0.3 is 28.4 Å². The van der Waals surface area contributed by atoms with Crippen LogP contribution in [0.3, 0.4) is 0 Å². The molecule has 0 aliphatic rings. The Morgan fingerprint density at radius 2 is 1.90 bits per heavy atom. The number of ketones is 1. The number of carbonyl (C=O) groups excluding carboxylic acids is 2. The minimum absolute atomic E-state index is 0. The van der Waals surface area contributed by atoms with Crippen molar-refractivity contribution in [3.05, 3.63) is 53.9 Å². The zero-order chi connectivity index (χ0) is 14.7. The number of pyridine rings is 1. The first kappa shape index (κ1) is 16.5. The van der Waals surface area contributed by atoms with E-state index in [0.717, 1.165) is 6.07 Å². The molecule has 1 heterocycles. The van der Waals surface area contributed by atoms with Crippen LogP contribution < -0.4 is 22.7 Å². The van der Waals surface area contributed by atoms with E-state index in [-0.39, 0.29) is 47.4 Å². The molecule has 2 aromatic rings. The van der Waals surface area contributed by atoms with Crippen molar-refractivity contribution in [2.75, 3.05) is 0 Å². The molecule has 1 aromatic heterocycles. The Kier molecular flexibility index (Phi) is 5.26. The lowest BCUT2D eigenvalue weighted by Gasteiger charge is -2.02. The quantitative estimate of drug-likeness (QED) is 0.424. The van der Waals surface area contributed by atoms with Gasteiger partial charge in [0.1, 0.15) is 17.1 Å². The SMILES string of the molecule is NC(=O)c1ccc[n+](CC(=O)c2ccc(O)cc2O)c1.[Cl-]. The van der Waals surface area contributed by atoms with Crippen LogP contribution >= 0.6 is 0 Å². The third kappa shape index (κ3) is 3.93. The summed E-state index contributed by atoms with van der Waals surface area (Å²) < 4.78 is 1.49. The van der Waals surface area contributed by atoms with Crippen LogP contribution in [0.15, 0.2) is 42.7 Å². The van der Waals surface area contributed by atoms with Crippen molar-refractivity contribution < 1.29 is 36.8 Å². The molecule has 0 fully saturated rings. The molecule has 2 rings (SSSR count). The van der Waals surface area contributed by atoms with Crippen molar-refractivity contribution in [2.45, 2.75) is 6.54 Å². The molecule has 0 atom stereocenters. The lowest BCUT2D eigenvalue weighted by molar-refractivity contribution is -0.683. The third-order valence-corrected chi connectivity index (χ3v) is 2.75. The number of nitrogens with zero attached hydrogens (tertiary/aromatic N) is 1. The maximum Gasteiger partial charge on any atom is 0.254 e. The van der Waals surface area contributed by atoms with E-state index < -0.39 is 5.91 Å². The van der Waals surface area contributed by atoms with Gasteiger partial charge in [0.2, 0.25) is 12.3 Å². The highest BCUT2D eigenvalue weighted by molar-refractivity contribution is 5.97. The van der Waals surface area contributed by atoms with Crippen LogP contribution in [-0.2, 0) is 6.54 Å². The van der Waals surface area contributed by atoms with Gasteiger partial charge in [-0.1, -0.05) is 0 Å². The number of halogens is 1. The van der Waals surface area contributed by atoms with Crippen molar-refractivity contribution in [3.8, 4) is 11.5 Å². The van der Waals surface area contributed by atoms with Gasteiger partial charge in [0.15, 0.2) is 12.4 Å². The lowest BCUT2D eigenvalue weighted by Crippen LogP contribution is -3.00. The molecule has 1 amide bonds. The second kappa shape index (κ2) is 6.71. The maximum atomic E-state index is 12.0. The number of aromatic hydroxyl groups is 2. The molecule has 0 bridgehead atoms. The standard InChI is InChI=1S/C14H12N2O4.ClH/c15-14(20)9-2-1-5-16(7-9)8-13(19)11-4-3-10(17)6-12(11)18;/h1-7H,8H2,(H3-,15,17,18,19,20);1H. The summed E-state index contributed by atoms with van der Waals surface area (Å²) in [6.45, 7) is -0.0561. The molecule has 7 heteroatoms. The highest BCUT2D eigenvalue weighted by Crippen LogP contribution is 2.22. The number of nitrogens with two attached hydrogens (primary N) is 1. The minimum atomic E-state index is -0.584. The zero-order valence-electron chi connectivity index (χ0n) is 10.9. The summed E-state index contributed by atoms with van der Waals surface area (Å²) >= 11 is 0. The number of carbonyl (C=O) groups is 2. The summed E-state index contributed by atoms with van der Waals surface area (Å²) in [5, 5.41) is 18.8. The normalized spacial score (nSPS) is 9.71. The van der Waals surface area contributed by atoms with Crippen LogP contribution in [0.5, 0.6) is 11.5 Å². The summed E-state index contributed by atoms with van der Waals surface area (Å²) in [6, 6.07) is 6.89. The minimum Gasteiger partial charge on any atom is -1.00 e. The predicted molar refractivity (Wildman–Crippen MR) is 69.3 cm³/mol. The monoisotopic (exact) mass is 308 g/mol. The number of benzene rings is 1. The molecule has 1 aromatic carbocycles. The van der Waals surface area contributed by atoms with Crippen molar-refractivity contribution >= 4 is 11.7 Å². The molecule has 0 saturated heterocycles. The van der Waals surface area contributed by atoms with Crippen LogP contribution in [0.1, 0.15) is 20.7 Å². The van der Waals surface area contributed by atoms with Crippen LogP contribution in [0.2, 0.25) is 0 Å². The van der Waals surface area contributed by atoms with Gasteiger partial charge in [-0.05, 0) is 18.2 Å². The number of hydrogen-bond acceptors (Lipinski definition) is 4. The molecular formula is C14H13ClN2O4. The molecule has 0 aliphatic carbocycles. The van der Waals surface area contributed by atoms with E-state index in [9.17, 15) is 19.8 Å². The summed E-state index contributed by atoms with van der Waals surface area (Å²) in [5.74, 6) is -1.35. The van der Waals surface area contributed by atoms with Gasteiger partial charge in [0.25, 0.3) is 5.91 Å². The smallest absolute Gasteiger partial charge is 0.254 e. The van der Waals surface area contributed by atoms with E-state index in [2.05, 4.69) is 0 Å². The van der Waals surface area contributed by atoms with E-state index >= 15 is 0 Å². The molecule has 0 aliphatic heterocycles. The van der Waals surface area contributed by atoms with E-state index in [1.54, 1.807) is 18.3 Å². The summed E-state index contributed by atoms with van der Waals surface area (Å²) in [5.41, 5.74) is 5.54. The highest BCUT2D eigenvalue weighted by Gasteiger charge is 2.17. The Hall–Kier alpha value is -2.60. The maximum absolute atomic E-state index is 12.0. The van der Waals surface area contributed by atoms with Gasteiger partial charge in [-0.2, -0.15) is 4.57 Å². The Balaban J connectivity index is 0.00000220. The number of rotatable bonds is 4. The number of hydrogen-bond donors (Lipinski definition) is 3. The largest absolute Gasteiger partial charge is 1.00 e. The Bertz CT molecular complexity index is 688. The number of aromatic nitrogens is 1. The van der Waals surface area contributed by atoms with E-state index in [1.807, 2.05) is 0 Å². The summed E-state index contributed by atoms with van der Waals surface area (Å²) in [6.07, 6.45) is 3.07. The van der Waals surface area contributed by atoms with Gasteiger partial charge in [-0.25, -0.2) is 0 Å². The highest BCUT2D eigenvalue weighted by atomic mass is 35.5. The fraction of sp³-hybridized carbons (Fsp3) is 0.0714. The topological polar surface area (TPSA) is 105 Å². The second-order valence-corrected chi connectivity index (χ2v) is 4.25. The number of phenolic OH excluding ortho intramolecular Hbond substituents is 2. The molecule has 0 unspecified atom stereocenters. The number of amides is 1. The fourth-order valence-electron chi connectivity index (χ4n) is 1.77. The second-order valence-electron chi connectivity index (χ2n) is 4.25. The van der Waals surface area contributed by atoms with E-state index in [1.165, 1.54) is 22.9 Å². The third-order valence-electron chi connectivity index (χ3n) is 2.75. The molecular weight excluding hydrogens is 296 g/mol. The van der Waals surface area contributed by atoms with Crippen molar-refractivity contribution in [2.24, 2.45) is 5.73 Å². The van der Waals surface area contributed by atoms with Crippen LogP contribution in [-0.4, -0.2) is 21.9 Å². The average Bonchev–Trinajstić information content (AvgIpc) is 2.38. The molecule has 4 N–H and O–H groups in total. The van der Waals surface area contributed by atoms with Crippen molar-refractivity contribution in [1.29, 1.82) is 0 Å². The van der Waals surface area contributed by atoms with Crippen LogP contribution in [0.4, 0.5) is 0 Å². The van der Waals surface area contributed by atoms with E-state index in [0.29, 0.717) is 0 Å². The van der Waals surface area contributed by atoms with Gasteiger partial charge in [-0.3, -0.25) is 9.59 Å². The average molecular weight is 309 g/mol. The predicted octanol–water partition coefficient (Wildman–Crippen LogP) is -2.63. The Morgan fingerprint density at radius 1 is 1.19 bits per heavy atom. The van der Waals surface area contributed by atoms with Crippen molar-refractivity contribution in [3.63, 3.8) is 0 Å². The first-order valence-corrected chi connectivity index (χ1v) is 5.81. The first-order valence-electron chi connectivity index (χ1n) is 5.81.